The zero-order chi connectivity index (χ0) is 11.7. The third-order valence-corrected chi connectivity index (χ3v) is 2.76. The van der Waals surface area contributed by atoms with Crippen LogP contribution in [0.2, 0.25) is 0 Å². The predicted octanol–water partition coefficient (Wildman–Crippen LogP) is 2.55. The van der Waals surface area contributed by atoms with E-state index in [2.05, 4.69) is 5.16 Å². The van der Waals surface area contributed by atoms with Crippen molar-refractivity contribution in [3.63, 3.8) is 0 Å². The lowest BCUT2D eigenvalue weighted by Crippen LogP contribution is -1.92. The highest BCUT2D eigenvalue weighted by Crippen LogP contribution is 2.30. The summed E-state index contributed by atoms with van der Waals surface area (Å²) < 4.78 is 10.1. The van der Waals surface area contributed by atoms with E-state index in [1.54, 1.807) is 13.2 Å². The SMILES string of the molecule is COc1ccc(-c2cc(N)on2)c(C)c1C. The van der Waals surface area contributed by atoms with Crippen LogP contribution in [0.1, 0.15) is 11.1 Å². The van der Waals surface area contributed by atoms with Gasteiger partial charge in [0.15, 0.2) is 0 Å². The molecule has 4 heteroatoms. The molecule has 0 fully saturated rings. The van der Waals surface area contributed by atoms with Gasteiger partial charge in [-0.05, 0) is 37.1 Å². The molecule has 0 spiro atoms. The van der Waals surface area contributed by atoms with Crippen molar-refractivity contribution >= 4 is 5.88 Å². The molecular weight excluding hydrogens is 204 g/mol. The first-order valence-corrected chi connectivity index (χ1v) is 5.00. The van der Waals surface area contributed by atoms with Crippen molar-refractivity contribution in [2.45, 2.75) is 13.8 Å². The Bertz CT molecular complexity index is 518. The zero-order valence-electron chi connectivity index (χ0n) is 9.57. The van der Waals surface area contributed by atoms with Gasteiger partial charge in [-0.2, -0.15) is 0 Å². The van der Waals surface area contributed by atoms with Gasteiger partial charge in [-0.3, -0.25) is 0 Å². The van der Waals surface area contributed by atoms with E-state index in [0.29, 0.717) is 5.88 Å². The summed E-state index contributed by atoms with van der Waals surface area (Å²) in [4.78, 5) is 0. The van der Waals surface area contributed by atoms with Crippen LogP contribution in [0.4, 0.5) is 5.88 Å². The van der Waals surface area contributed by atoms with Gasteiger partial charge in [0, 0.05) is 11.6 Å². The molecule has 0 aliphatic heterocycles. The second-order valence-electron chi connectivity index (χ2n) is 3.68. The van der Waals surface area contributed by atoms with Crippen LogP contribution in [0.5, 0.6) is 5.75 Å². The fourth-order valence-corrected chi connectivity index (χ4v) is 1.71. The molecule has 0 radical (unpaired) electrons. The number of nitrogens with two attached hydrogens (primary N) is 1. The third kappa shape index (κ3) is 1.62. The second kappa shape index (κ2) is 3.89. The predicted molar refractivity (Wildman–Crippen MR) is 62.4 cm³/mol. The molecule has 1 heterocycles. The first-order chi connectivity index (χ1) is 7.63. The number of anilines is 1. The quantitative estimate of drug-likeness (QED) is 0.841. The first-order valence-electron chi connectivity index (χ1n) is 5.00. The van der Waals surface area contributed by atoms with Crippen molar-refractivity contribution in [2.24, 2.45) is 0 Å². The first kappa shape index (κ1) is 10.5. The van der Waals surface area contributed by atoms with Gasteiger partial charge in [-0.25, -0.2) is 0 Å². The monoisotopic (exact) mass is 218 g/mol. The standard InChI is InChI=1S/C12H14N2O2/c1-7-8(2)11(15-3)5-4-9(7)10-6-12(13)16-14-10/h4-6H,13H2,1-3H3. The van der Waals surface area contributed by atoms with E-state index in [-0.39, 0.29) is 0 Å². The van der Waals surface area contributed by atoms with Crippen LogP contribution in [0, 0.1) is 13.8 Å². The molecule has 0 unspecified atom stereocenters. The summed E-state index contributed by atoms with van der Waals surface area (Å²) in [6.07, 6.45) is 0. The number of benzene rings is 1. The van der Waals surface area contributed by atoms with Crippen molar-refractivity contribution in [2.75, 3.05) is 12.8 Å². The lowest BCUT2D eigenvalue weighted by molar-refractivity contribution is 0.411. The molecule has 0 amide bonds. The van der Waals surface area contributed by atoms with E-state index in [9.17, 15) is 0 Å². The van der Waals surface area contributed by atoms with Gasteiger partial charge in [0.25, 0.3) is 0 Å². The number of nitrogen functional groups attached to an aromatic ring is 1. The molecule has 4 nitrogen and oxygen atoms in total. The molecule has 2 rings (SSSR count). The minimum absolute atomic E-state index is 0.322. The summed E-state index contributed by atoms with van der Waals surface area (Å²) in [5.74, 6) is 1.19. The van der Waals surface area contributed by atoms with Gasteiger partial charge < -0.3 is 15.0 Å². The molecule has 1 aromatic carbocycles. The normalized spacial score (nSPS) is 10.4. The number of aromatic nitrogens is 1. The summed E-state index contributed by atoms with van der Waals surface area (Å²) >= 11 is 0. The van der Waals surface area contributed by atoms with Crippen LogP contribution in [0.15, 0.2) is 22.7 Å². The fraction of sp³-hybridized carbons (Fsp3) is 0.250. The topological polar surface area (TPSA) is 61.3 Å². The smallest absolute Gasteiger partial charge is 0.222 e. The highest BCUT2D eigenvalue weighted by Gasteiger charge is 2.11. The van der Waals surface area contributed by atoms with Crippen LogP contribution < -0.4 is 10.5 Å². The number of nitrogens with zero attached hydrogens (tertiary/aromatic N) is 1. The van der Waals surface area contributed by atoms with Crippen LogP contribution >= 0.6 is 0 Å². The van der Waals surface area contributed by atoms with Crippen molar-refractivity contribution < 1.29 is 9.26 Å². The molecule has 0 atom stereocenters. The molecule has 16 heavy (non-hydrogen) atoms. The molecule has 0 saturated carbocycles. The van der Waals surface area contributed by atoms with E-state index in [1.165, 1.54) is 0 Å². The lowest BCUT2D eigenvalue weighted by Gasteiger charge is -2.10. The average molecular weight is 218 g/mol. The summed E-state index contributed by atoms with van der Waals surface area (Å²) in [5, 5.41) is 3.90. The van der Waals surface area contributed by atoms with E-state index < -0.39 is 0 Å². The molecule has 2 aromatic rings. The summed E-state index contributed by atoms with van der Waals surface area (Å²) in [5.41, 5.74) is 9.49. The minimum Gasteiger partial charge on any atom is -0.496 e. The van der Waals surface area contributed by atoms with Gasteiger partial charge in [-0.1, -0.05) is 5.16 Å². The molecule has 0 bridgehead atoms. The molecule has 0 aliphatic carbocycles. The van der Waals surface area contributed by atoms with Crippen molar-refractivity contribution in [1.82, 2.24) is 5.16 Å². The number of rotatable bonds is 2. The van der Waals surface area contributed by atoms with E-state index in [4.69, 9.17) is 15.0 Å². The van der Waals surface area contributed by atoms with Gasteiger partial charge in [0.1, 0.15) is 11.4 Å². The van der Waals surface area contributed by atoms with Crippen LogP contribution in [0.25, 0.3) is 11.3 Å². The van der Waals surface area contributed by atoms with Crippen molar-refractivity contribution in [3.8, 4) is 17.0 Å². The Morgan fingerprint density at radius 3 is 2.56 bits per heavy atom. The Morgan fingerprint density at radius 1 is 1.25 bits per heavy atom. The number of hydrogen-bond acceptors (Lipinski definition) is 4. The van der Waals surface area contributed by atoms with Gasteiger partial charge >= 0.3 is 0 Å². The Hall–Kier alpha value is -1.97. The summed E-state index contributed by atoms with van der Waals surface area (Å²) in [7, 11) is 1.66. The highest BCUT2D eigenvalue weighted by atomic mass is 16.5. The number of ether oxygens (including phenoxy) is 1. The van der Waals surface area contributed by atoms with Gasteiger partial charge in [0.05, 0.1) is 7.11 Å². The van der Waals surface area contributed by atoms with E-state index >= 15 is 0 Å². The maximum Gasteiger partial charge on any atom is 0.222 e. The molecule has 0 saturated heterocycles. The van der Waals surface area contributed by atoms with Gasteiger partial charge in [-0.15, -0.1) is 0 Å². The molecule has 84 valence electrons. The third-order valence-electron chi connectivity index (χ3n) is 2.76. The van der Waals surface area contributed by atoms with Crippen LogP contribution in [0.3, 0.4) is 0 Å². The number of hydrogen-bond donors (Lipinski definition) is 1. The van der Waals surface area contributed by atoms with Crippen LogP contribution in [-0.2, 0) is 0 Å². The second-order valence-corrected chi connectivity index (χ2v) is 3.68. The molecular formula is C12H14N2O2. The zero-order valence-corrected chi connectivity index (χ0v) is 9.57. The molecule has 2 N–H and O–H groups in total. The summed E-state index contributed by atoms with van der Waals surface area (Å²) in [6.45, 7) is 4.04. The Morgan fingerprint density at radius 2 is 2.00 bits per heavy atom. The maximum atomic E-state index is 5.51. The molecule has 0 aliphatic rings. The Balaban J connectivity index is 2.55. The number of methoxy groups -OCH3 is 1. The van der Waals surface area contributed by atoms with Gasteiger partial charge in [0.2, 0.25) is 5.88 Å². The maximum absolute atomic E-state index is 5.51. The fourth-order valence-electron chi connectivity index (χ4n) is 1.71. The van der Waals surface area contributed by atoms with E-state index in [0.717, 1.165) is 28.1 Å². The summed E-state index contributed by atoms with van der Waals surface area (Å²) in [6, 6.07) is 5.59. The van der Waals surface area contributed by atoms with Crippen molar-refractivity contribution in [3.05, 3.63) is 29.3 Å². The Labute approximate surface area is 94.0 Å². The lowest BCUT2D eigenvalue weighted by atomic mass is 10.00. The van der Waals surface area contributed by atoms with Crippen molar-refractivity contribution in [1.29, 1.82) is 0 Å². The Kier molecular flexibility index (Phi) is 2.56. The minimum atomic E-state index is 0.322. The largest absolute Gasteiger partial charge is 0.496 e. The molecule has 1 aromatic heterocycles. The average Bonchev–Trinajstić information content (AvgIpc) is 2.69. The van der Waals surface area contributed by atoms with E-state index in [1.807, 2.05) is 26.0 Å². The van der Waals surface area contributed by atoms with Crippen LogP contribution in [-0.4, -0.2) is 12.3 Å². The highest BCUT2D eigenvalue weighted by molar-refractivity contribution is 5.68.